The van der Waals surface area contributed by atoms with E-state index in [0.717, 1.165) is 17.5 Å². The zero-order valence-corrected chi connectivity index (χ0v) is 15.0. The molecule has 0 spiro atoms. The first-order valence-corrected chi connectivity index (χ1v) is 9.30. The molecular weight excluding hydrogens is 290 g/mol. The zero-order chi connectivity index (χ0) is 16.9. The minimum Gasteiger partial charge on any atom is -0.399 e. The molecule has 1 heteroatoms. The van der Waals surface area contributed by atoms with Gasteiger partial charge in [0.1, 0.15) is 0 Å². The first-order chi connectivity index (χ1) is 11.7. The molecule has 126 valence electrons. The van der Waals surface area contributed by atoms with Gasteiger partial charge in [0.25, 0.3) is 0 Å². The van der Waals surface area contributed by atoms with Crippen LogP contribution in [0.1, 0.15) is 68.6 Å². The van der Waals surface area contributed by atoms with Gasteiger partial charge >= 0.3 is 0 Å². The quantitative estimate of drug-likeness (QED) is 0.504. The van der Waals surface area contributed by atoms with Gasteiger partial charge in [-0.05, 0) is 78.8 Å². The van der Waals surface area contributed by atoms with E-state index in [1.165, 1.54) is 54.4 Å². The van der Waals surface area contributed by atoms with Gasteiger partial charge in [-0.15, -0.1) is 0 Å². The maximum atomic E-state index is 5.76. The van der Waals surface area contributed by atoms with Crippen molar-refractivity contribution < 1.29 is 0 Å². The Morgan fingerprint density at radius 2 is 1.58 bits per heavy atom. The van der Waals surface area contributed by atoms with E-state index >= 15 is 0 Å². The van der Waals surface area contributed by atoms with Gasteiger partial charge in [-0.25, -0.2) is 0 Å². The van der Waals surface area contributed by atoms with Crippen molar-refractivity contribution in [2.45, 2.75) is 51.9 Å². The van der Waals surface area contributed by atoms with Crippen LogP contribution in [0, 0.1) is 5.92 Å². The molecule has 0 bridgehead atoms. The molecule has 0 aliphatic heterocycles. The first-order valence-electron chi connectivity index (χ1n) is 9.30. The molecule has 2 aromatic rings. The van der Waals surface area contributed by atoms with Crippen LogP contribution in [0.3, 0.4) is 0 Å². The highest BCUT2D eigenvalue weighted by atomic mass is 14.5. The molecule has 0 amide bonds. The second kappa shape index (κ2) is 7.70. The summed E-state index contributed by atoms with van der Waals surface area (Å²) in [6, 6.07) is 17.3. The maximum Gasteiger partial charge on any atom is 0.0314 e. The molecule has 1 aliphatic rings. The van der Waals surface area contributed by atoms with Crippen molar-refractivity contribution in [2.75, 3.05) is 5.73 Å². The molecule has 1 fully saturated rings. The summed E-state index contributed by atoms with van der Waals surface area (Å²) in [7, 11) is 0. The topological polar surface area (TPSA) is 26.0 Å². The van der Waals surface area contributed by atoms with Crippen molar-refractivity contribution in [1.82, 2.24) is 0 Å². The summed E-state index contributed by atoms with van der Waals surface area (Å²) in [5.41, 5.74) is 11.9. The van der Waals surface area contributed by atoms with Crippen LogP contribution in [0.4, 0.5) is 5.69 Å². The summed E-state index contributed by atoms with van der Waals surface area (Å²) in [5, 5.41) is 0. The summed E-state index contributed by atoms with van der Waals surface area (Å²) in [5.74, 6) is 1.73. The molecule has 0 saturated heterocycles. The Morgan fingerprint density at radius 1 is 0.958 bits per heavy atom. The van der Waals surface area contributed by atoms with Crippen LogP contribution in [-0.2, 0) is 0 Å². The Labute approximate surface area is 146 Å². The maximum absolute atomic E-state index is 5.76. The molecule has 24 heavy (non-hydrogen) atoms. The van der Waals surface area contributed by atoms with Crippen molar-refractivity contribution in [3.05, 3.63) is 65.2 Å². The van der Waals surface area contributed by atoms with E-state index in [-0.39, 0.29) is 0 Å². The third-order valence-corrected chi connectivity index (χ3v) is 5.58. The van der Waals surface area contributed by atoms with Crippen LogP contribution in [0.2, 0.25) is 0 Å². The van der Waals surface area contributed by atoms with Crippen molar-refractivity contribution in [3.8, 4) is 0 Å². The van der Waals surface area contributed by atoms with E-state index in [9.17, 15) is 0 Å². The highest BCUT2D eigenvalue weighted by Gasteiger charge is 2.20. The number of nitrogen functional groups attached to an aromatic ring is 1. The summed E-state index contributed by atoms with van der Waals surface area (Å²) in [4.78, 5) is 0. The predicted octanol–water partition coefficient (Wildman–Crippen LogP) is 6.51. The summed E-state index contributed by atoms with van der Waals surface area (Å²) in [6.07, 6.45) is 9.12. The third kappa shape index (κ3) is 4.08. The second-order valence-corrected chi connectivity index (χ2v) is 7.24. The lowest BCUT2D eigenvalue weighted by atomic mass is 9.78. The van der Waals surface area contributed by atoms with Crippen molar-refractivity contribution in [3.63, 3.8) is 0 Å². The van der Waals surface area contributed by atoms with E-state index in [1.807, 2.05) is 12.1 Å². The number of anilines is 1. The van der Waals surface area contributed by atoms with Gasteiger partial charge in [-0.1, -0.05) is 55.8 Å². The number of hydrogen-bond donors (Lipinski definition) is 1. The van der Waals surface area contributed by atoms with Gasteiger partial charge in [0, 0.05) is 5.69 Å². The Balaban J connectivity index is 1.68. The zero-order valence-electron chi connectivity index (χ0n) is 15.0. The number of hydrogen-bond acceptors (Lipinski definition) is 1. The SMILES string of the molecule is CCC1CCC(c2ccc(/C=C(\C)c3ccc(N)cc3)cc2)CC1. The lowest BCUT2D eigenvalue weighted by Gasteiger charge is -2.28. The second-order valence-electron chi connectivity index (χ2n) is 7.24. The van der Waals surface area contributed by atoms with Gasteiger partial charge in [0.15, 0.2) is 0 Å². The lowest BCUT2D eigenvalue weighted by Crippen LogP contribution is -2.12. The Hall–Kier alpha value is -2.02. The molecule has 1 saturated carbocycles. The molecule has 0 radical (unpaired) electrons. The minimum atomic E-state index is 0.768. The molecule has 0 aromatic heterocycles. The molecule has 0 unspecified atom stereocenters. The van der Waals surface area contributed by atoms with E-state index < -0.39 is 0 Å². The number of benzene rings is 2. The number of rotatable bonds is 4. The smallest absolute Gasteiger partial charge is 0.0314 e. The summed E-state index contributed by atoms with van der Waals surface area (Å²) >= 11 is 0. The largest absolute Gasteiger partial charge is 0.399 e. The minimum absolute atomic E-state index is 0.768. The Bertz CT molecular complexity index is 671. The highest BCUT2D eigenvalue weighted by molar-refractivity contribution is 5.80. The van der Waals surface area contributed by atoms with Crippen LogP contribution in [0.25, 0.3) is 11.6 Å². The van der Waals surface area contributed by atoms with Crippen molar-refractivity contribution >= 4 is 17.3 Å². The molecule has 2 aromatic carbocycles. The molecule has 1 aliphatic carbocycles. The van der Waals surface area contributed by atoms with Crippen molar-refractivity contribution in [2.24, 2.45) is 5.92 Å². The highest BCUT2D eigenvalue weighted by Crippen LogP contribution is 2.37. The fourth-order valence-electron chi connectivity index (χ4n) is 3.85. The average molecular weight is 319 g/mol. The normalized spacial score (nSPS) is 21.7. The molecule has 0 heterocycles. The average Bonchev–Trinajstić information content (AvgIpc) is 2.63. The molecule has 3 rings (SSSR count). The fraction of sp³-hybridized carbons (Fsp3) is 0.391. The van der Waals surface area contributed by atoms with Gasteiger partial charge in [-0.3, -0.25) is 0 Å². The van der Waals surface area contributed by atoms with Gasteiger partial charge < -0.3 is 5.73 Å². The van der Waals surface area contributed by atoms with Gasteiger partial charge in [0.05, 0.1) is 0 Å². The summed E-state index contributed by atoms with van der Waals surface area (Å²) in [6.45, 7) is 4.49. The van der Waals surface area contributed by atoms with E-state index in [1.54, 1.807) is 0 Å². The van der Waals surface area contributed by atoms with Gasteiger partial charge in [0.2, 0.25) is 0 Å². The molecule has 1 nitrogen and oxygen atoms in total. The van der Waals surface area contributed by atoms with Gasteiger partial charge in [-0.2, -0.15) is 0 Å². The molecule has 2 N–H and O–H groups in total. The van der Waals surface area contributed by atoms with Crippen LogP contribution < -0.4 is 5.73 Å². The lowest BCUT2D eigenvalue weighted by molar-refractivity contribution is 0.319. The number of allylic oxidation sites excluding steroid dienone is 1. The number of nitrogens with two attached hydrogens (primary N) is 1. The monoisotopic (exact) mass is 319 g/mol. The van der Waals surface area contributed by atoms with E-state index in [4.69, 9.17) is 5.73 Å². The first kappa shape index (κ1) is 16.8. The summed E-state index contributed by atoms with van der Waals surface area (Å²) < 4.78 is 0. The Morgan fingerprint density at radius 3 is 2.17 bits per heavy atom. The van der Waals surface area contributed by atoms with Crippen molar-refractivity contribution in [1.29, 1.82) is 0 Å². The Kier molecular flexibility index (Phi) is 5.40. The van der Waals surface area contributed by atoms with Crippen LogP contribution >= 0.6 is 0 Å². The predicted molar refractivity (Wildman–Crippen MR) is 106 cm³/mol. The van der Waals surface area contributed by atoms with E-state index in [0.29, 0.717) is 0 Å². The molecule has 0 atom stereocenters. The molecular formula is C23H29N. The van der Waals surface area contributed by atoms with Crippen LogP contribution in [0.5, 0.6) is 0 Å². The van der Waals surface area contributed by atoms with Crippen LogP contribution in [-0.4, -0.2) is 0 Å². The third-order valence-electron chi connectivity index (χ3n) is 5.58. The fourth-order valence-corrected chi connectivity index (χ4v) is 3.85. The standard InChI is InChI=1S/C23H29N/c1-3-18-4-8-21(9-5-18)22-10-6-19(7-11-22)16-17(2)20-12-14-23(24)15-13-20/h6-7,10-16,18,21H,3-5,8-9,24H2,1-2H3/b17-16+. The van der Waals surface area contributed by atoms with Crippen LogP contribution in [0.15, 0.2) is 48.5 Å². The van der Waals surface area contributed by atoms with E-state index in [2.05, 4.69) is 56.3 Å².